The number of alkyl halides is 3. The van der Waals surface area contributed by atoms with Gasteiger partial charge in [0, 0.05) is 17.7 Å². The molecule has 1 amide bonds. The summed E-state index contributed by atoms with van der Waals surface area (Å²) >= 11 is 0. The first-order valence-corrected chi connectivity index (χ1v) is 9.19. The molecule has 1 heterocycles. The van der Waals surface area contributed by atoms with Gasteiger partial charge in [0.2, 0.25) is 0 Å². The fraction of sp³-hybridized carbons (Fsp3) is 0.174. The second-order valence-electron chi connectivity index (χ2n) is 6.84. The summed E-state index contributed by atoms with van der Waals surface area (Å²) in [6.45, 7) is 0.584. The molecule has 0 atom stereocenters. The number of nitrogens with zero attached hydrogens (tertiary/aromatic N) is 1. The van der Waals surface area contributed by atoms with E-state index in [0.717, 1.165) is 23.3 Å². The van der Waals surface area contributed by atoms with Crippen molar-refractivity contribution in [3.63, 3.8) is 0 Å². The van der Waals surface area contributed by atoms with Gasteiger partial charge in [0.25, 0.3) is 5.91 Å². The van der Waals surface area contributed by atoms with E-state index in [-0.39, 0.29) is 19.1 Å². The smallest absolute Gasteiger partial charge is 0.416 e. The third-order valence-corrected chi connectivity index (χ3v) is 4.87. The summed E-state index contributed by atoms with van der Waals surface area (Å²) in [5.74, 6) is 0.142. The number of ether oxygens (including phenoxy) is 1. The van der Waals surface area contributed by atoms with Gasteiger partial charge in [-0.05, 0) is 41.5 Å². The summed E-state index contributed by atoms with van der Waals surface area (Å²) in [7, 11) is 0. The van der Waals surface area contributed by atoms with Crippen molar-refractivity contribution in [2.45, 2.75) is 12.7 Å². The van der Waals surface area contributed by atoms with Crippen molar-refractivity contribution >= 4 is 5.91 Å². The minimum absolute atomic E-state index is 0.0631. The Morgan fingerprint density at radius 3 is 2.41 bits per heavy atom. The topological polar surface area (TPSA) is 29.5 Å². The zero-order chi connectivity index (χ0) is 20.4. The lowest BCUT2D eigenvalue weighted by Crippen LogP contribution is -2.32. The van der Waals surface area contributed by atoms with Gasteiger partial charge >= 0.3 is 6.18 Å². The van der Waals surface area contributed by atoms with E-state index < -0.39 is 11.7 Å². The van der Waals surface area contributed by atoms with Crippen LogP contribution >= 0.6 is 0 Å². The molecule has 0 saturated carbocycles. The number of rotatable bonds is 2. The van der Waals surface area contributed by atoms with Crippen LogP contribution in [0.15, 0.2) is 72.8 Å². The molecule has 0 spiro atoms. The number of carbonyl (C=O) groups is 1. The Morgan fingerprint density at radius 2 is 1.66 bits per heavy atom. The molecule has 0 bridgehead atoms. The molecule has 29 heavy (non-hydrogen) atoms. The van der Waals surface area contributed by atoms with Crippen molar-refractivity contribution in [1.29, 1.82) is 0 Å². The lowest BCUT2D eigenvalue weighted by molar-refractivity contribution is -0.137. The van der Waals surface area contributed by atoms with Crippen LogP contribution in [0.2, 0.25) is 0 Å². The van der Waals surface area contributed by atoms with Crippen molar-refractivity contribution in [2.24, 2.45) is 0 Å². The van der Waals surface area contributed by atoms with E-state index in [1.807, 2.05) is 36.4 Å². The number of halogens is 3. The number of hydrogen-bond acceptors (Lipinski definition) is 2. The van der Waals surface area contributed by atoms with Gasteiger partial charge in [-0.25, -0.2) is 0 Å². The molecule has 3 aromatic carbocycles. The van der Waals surface area contributed by atoms with E-state index in [4.69, 9.17) is 4.74 Å². The van der Waals surface area contributed by atoms with E-state index in [0.29, 0.717) is 23.4 Å². The van der Waals surface area contributed by atoms with Gasteiger partial charge < -0.3 is 9.64 Å². The zero-order valence-corrected chi connectivity index (χ0v) is 15.4. The summed E-state index contributed by atoms with van der Waals surface area (Å²) in [5.41, 5.74) is 1.98. The second-order valence-corrected chi connectivity index (χ2v) is 6.84. The van der Waals surface area contributed by atoms with Crippen molar-refractivity contribution < 1.29 is 22.7 Å². The molecule has 0 N–H and O–H groups in total. The van der Waals surface area contributed by atoms with Gasteiger partial charge in [-0.1, -0.05) is 42.5 Å². The summed E-state index contributed by atoms with van der Waals surface area (Å²) in [6, 6.07) is 20.3. The summed E-state index contributed by atoms with van der Waals surface area (Å²) < 4.78 is 44.8. The number of hydrogen-bond donors (Lipinski definition) is 0. The summed E-state index contributed by atoms with van der Waals surface area (Å²) in [6.07, 6.45) is -4.44. The summed E-state index contributed by atoms with van der Waals surface area (Å²) in [4.78, 5) is 14.6. The van der Waals surface area contributed by atoms with Gasteiger partial charge in [0.15, 0.2) is 0 Å². The Labute approximate surface area is 166 Å². The molecule has 0 radical (unpaired) electrons. The van der Waals surface area contributed by atoms with Crippen LogP contribution < -0.4 is 4.74 Å². The van der Waals surface area contributed by atoms with Crippen molar-refractivity contribution in [2.75, 3.05) is 13.2 Å². The lowest BCUT2D eigenvalue weighted by Gasteiger charge is -2.20. The highest BCUT2D eigenvalue weighted by atomic mass is 19.4. The number of fused-ring (bicyclic) bond motifs is 1. The minimum Gasteiger partial charge on any atom is -0.491 e. The number of benzene rings is 3. The fourth-order valence-corrected chi connectivity index (χ4v) is 3.39. The highest BCUT2D eigenvalue weighted by Gasteiger charge is 2.32. The molecule has 0 aromatic heterocycles. The molecular weight excluding hydrogens is 379 g/mol. The predicted molar refractivity (Wildman–Crippen MR) is 104 cm³/mol. The minimum atomic E-state index is -4.44. The standard InChI is InChI=1S/C23H18F3NO2/c24-23(25,26)20-9-10-21-19(14-20)15-27(11-12-29-21)22(28)18-8-4-7-17(13-18)16-5-2-1-3-6-16/h1-10,13-14H,11-12,15H2. The van der Waals surface area contributed by atoms with Gasteiger partial charge in [0.1, 0.15) is 12.4 Å². The molecule has 4 rings (SSSR count). The first kappa shape index (κ1) is 19.1. The molecule has 0 unspecified atom stereocenters. The van der Waals surface area contributed by atoms with E-state index in [9.17, 15) is 18.0 Å². The average molecular weight is 397 g/mol. The van der Waals surface area contributed by atoms with E-state index >= 15 is 0 Å². The van der Waals surface area contributed by atoms with Crippen LogP contribution in [0.1, 0.15) is 21.5 Å². The Kier molecular flexibility index (Phi) is 5.01. The van der Waals surface area contributed by atoms with Crippen LogP contribution in [-0.2, 0) is 12.7 Å². The van der Waals surface area contributed by atoms with E-state index in [2.05, 4.69) is 0 Å². The van der Waals surface area contributed by atoms with Crippen LogP contribution in [0.25, 0.3) is 11.1 Å². The molecule has 1 aliphatic rings. The highest BCUT2D eigenvalue weighted by Crippen LogP contribution is 2.34. The SMILES string of the molecule is O=C(c1cccc(-c2ccccc2)c1)N1CCOc2ccc(C(F)(F)F)cc2C1. The van der Waals surface area contributed by atoms with Gasteiger partial charge in [-0.15, -0.1) is 0 Å². The maximum absolute atomic E-state index is 13.1. The van der Waals surface area contributed by atoms with Crippen molar-refractivity contribution in [3.8, 4) is 16.9 Å². The molecule has 6 heteroatoms. The van der Waals surface area contributed by atoms with Crippen LogP contribution in [0.4, 0.5) is 13.2 Å². The Balaban J connectivity index is 1.61. The molecule has 0 saturated heterocycles. The van der Waals surface area contributed by atoms with Gasteiger partial charge in [-0.2, -0.15) is 13.2 Å². The Morgan fingerprint density at radius 1 is 0.897 bits per heavy atom. The Bertz CT molecular complexity index is 1030. The van der Waals surface area contributed by atoms with Crippen molar-refractivity contribution in [1.82, 2.24) is 4.90 Å². The quantitative estimate of drug-likeness (QED) is 0.579. The summed E-state index contributed by atoms with van der Waals surface area (Å²) in [5, 5.41) is 0. The van der Waals surface area contributed by atoms with Crippen molar-refractivity contribution in [3.05, 3.63) is 89.5 Å². The average Bonchev–Trinajstić information content (AvgIpc) is 2.95. The van der Waals surface area contributed by atoms with Gasteiger partial charge in [0.05, 0.1) is 12.1 Å². The third kappa shape index (κ3) is 4.11. The van der Waals surface area contributed by atoms with Crippen LogP contribution in [0.5, 0.6) is 5.75 Å². The molecular formula is C23H18F3NO2. The largest absolute Gasteiger partial charge is 0.491 e. The predicted octanol–water partition coefficient (Wildman–Crippen LogP) is 5.41. The molecule has 3 nitrogen and oxygen atoms in total. The second kappa shape index (κ2) is 7.62. The number of carbonyl (C=O) groups excluding carboxylic acids is 1. The molecule has 0 fully saturated rings. The third-order valence-electron chi connectivity index (χ3n) is 4.87. The van der Waals surface area contributed by atoms with Gasteiger partial charge in [-0.3, -0.25) is 4.79 Å². The first-order chi connectivity index (χ1) is 13.9. The van der Waals surface area contributed by atoms with Crippen LogP contribution in [0.3, 0.4) is 0 Å². The van der Waals surface area contributed by atoms with Crippen LogP contribution in [-0.4, -0.2) is 24.0 Å². The highest BCUT2D eigenvalue weighted by molar-refractivity contribution is 5.95. The maximum Gasteiger partial charge on any atom is 0.416 e. The molecule has 3 aromatic rings. The van der Waals surface area contributed by atoms with E-state index in [1.54, 1.807) is 18.2 Å². The normalized spacial score (nSPS) is 14.0. The maximum atomic E-state index is 13.1. The Hall–Kier alpha value is -3.28. The lowest BCUT2D eigenvalue weighted by atomic mass is 10.0. The zero-order valence-electron chi connectivity index (χ0n) is 15.4. The molecule has 0 aliphatic carbocycles. The molecule has 148 valence electrons. The monoisotopic (exact) mass is 397 g/mol. The first-order valence-electron chi connectivity index (χ1n) is 9.19. The van der Waals surface area contributed by atoms with E-state index in [1.165, 1.54) is 11.0 Å². The van der Waals surface area contributed by atoms with Crippen LogP contribution in [0, 0.1) is 0 Å². The fourth-order valence-electron chi connectivity index (χ4n) is 3.39. The molecule has 1 aliphatic heterocycles. The number of amides is 1.